The predicted molar refractivity (Wildman–Crippen MR) is 73.3 cm³/mol. The van der Waals surface area contributed by atoms with E-state index in [2.05, 4.69) is 18.7 Å². The summed E-state index contributed by atoms with van der Waals surface area (Å²) in [6.45, 7) is 7.20. The van der Waals surface area contributed by atoms with Crippen molar-refractivity contribution in [3.05, 3.63) is 29.3 Å². The molecular weight excluding hydrogens is 226 g/mol. The third-order valence-corrected chi connectivity index (χ3v) is 3.24. The monoisotopic (exact) mass is 247 g/mol. The number of carboxylic acid groups (broad SMARTS) is 1. The smallest absolute Gasteiger partial charge is 0.337 e. The van der Waals surface area contributed by atoms with Gasteiger partial charge in [0.2, 0.25) is 0 Å². The van der Waals surface area contributed by atoms with Crippen LogP contribution in [0.5, 0.6) is 0 Å². The molecule has 18 heavy (non-hydrogen) atoms. The Morgan fingerprint density at radius 2 is 2.11 bits per heavy atom. The number of nitrogens with zero attached hydrogens (tertiary/aromatic N) is 1. The van der Waals surface area contributed by atoms with E-state index in [1.807, 2.05) is 19.1 Å². The summed E-state index contributed by atoms with van der Waals surface area (Å²) >= 11 is 0. The second-order valence-corrected chi connectivity index (χ2v) is 5.60. The van der Waals surface area contributed by atoms with Crippen molar-refractivity contribution < 1.29 is 9.90 Å². The van der Waals surface area contributed by atoms with Crippen LogP contribution in [0.4, 0.5) is 5.69 Å². The van der Waals surface area contributed by atoms with Crippen molar-refractivity contribution in [2.45, 2.75) is 39.7 Å². The van der Waals surface area contributed by atoms with Crippen molar-refractivity contribution in [3.63, 3.8) is 0 Å². The van der Waals surface area contributed by atoms with Gasteiger partial charge in [-0.25, -0.2) is 4.79 Å². The van der Waals surface area contributed by atoms with E-state index in [9.17, 15) is 9.90 Å². The minimum atomic E-state index is -0.830. The zero-order chi connectivity index (χ0) is 13.3. The topological polar surface area (TPSA) is 40.5 Å². The Balaban J connectivity index is 2.37. The van der Waals surface area contributed by atoms with Gasteiger partial charge in [-0.15, -0.1) is 0 Å². The summed E-state index contributed by atoms with van der Waals surface area (Å²) < 4.78 is 0. The molecule has 1 aliphatic carbocycles. The first kappa shape index (κ1) is 12.9. The number of hydrogen-bond acceptors (Lipinski definition) is 2. The van der Waals surface area contributed by atoms with Gasteiger partial charge in [0.25, 0.3) is 0 Å². The number of hydrogen-bond donors (Lipinski definition) is 1. The highest BCUT2D eigenvalue weighted by molar-refractivity contribution is 5.94. The van der Waals surface area contributed by atoms with Gasteiger partial charge >= 0.3 is 5.97 Å². The minimum Gasteiger partial charge on any atom is -0.478 e. The Kier molecular flexibility index (Phi) is 3.60. The van der Waals surface area contributed by atoms with Gasteiger partial charge in [0, 0.05) is 12.6 Å². The van der Waals surface area contributed by atoms with E-state index in [1.54, 1.807) is 6.07 Å². The Bertz CT molecular complexity index is 450. The zero-order valence-corrected chi connectivity index (χ0v) is 11.3. The zero-order valence-electron chi connectivity index (χ0n) is 11.3. The molecule has 0 atom stereocenters. The first-order valence-corrected chi connectivity index (χ1v) is 6.59. The van der Waals surface area contributed by atoms with Crippen molar-refractivity contribution in [1.82, 2.24) is 0 Å². The first-order chi connectivity index (χ1) is 8.49. The van der Waals surface area contributed by atoms with Gasteiger partial charge in [-0.1, -0.05) is 25.5 Å². The minimum absolute atomic E-state index is 0.433. The van der Waals surface area contributed by atoms with Crippen molar-refractivity contribution in [2.24, 2.45) is 5.92 Å². The number of anilines is 1. The van der Waals surface area contributed by atoms with Gasteiger partial charge in [-0.3, -0.25) is 0 Å². The molecule has 1 fully saturated rings. The summed E-state index contributed by atoms with van der Waals surface area (Å²) in [7, 11) is 0. The summed E-state index contributed by atoms with van der Waals surface area (Å²) in [6.07, 6.45) is 2.36. The maximum atomic E-state index is 11.4. The fourth-order valence-electron chi connectivity index (χ4n) is 2.30. The van der Waals surface area contributed by atoms with E-state index < -0.39 is 5.97 Å². The molecule has 3 heteroatoms. The molecule has 0 radical (unpaired) electrons. The van der Waals surface area contributed by atoms with Crippen LogP contribution in [0.15, 0.2) is 18.2 Å². The van der Waals surface area contributed by atoms with Crippen LogP contribution in [0.2, 0.25) is 0 Å². The van der Waals surface area contributed by atoms with Crippen LogP contribution in [0.3, 0.4) is 0 Å². The highest BCUT2D eigenvalue weighted by Crippen LogP contribution is 2.34. The second-order valence-electron chi connectivity index (χ2n) is 5.60. The number of carboxylic acids is 1. The van der Waals surface area contributed by atoms with Crippen LogP contribution < -0.4 is 4.90 Å². The quantitative estimate of drug-likeness (QED) is 0.867. The molecule has 0 aromatic heterocycles. The lowest BCUT2D eigenvalue weighted by Crippen LogP contribution is -2.31. The summed E-state index contributed by atoms with van der Waals surface area (Å²) in [4.78, 5) is 13.7. The number of aromatic carboxylic acids is 1. The van der Waals surface area contributed by atoms with Gasteiger partial charge in [-0.2, -0.15) is 0 Å². The molecule has 98 valence electrons. The molecule has 1 N–H and O–H groups in total. The van der Waals surface area contributed by atoms with Crippen LogP contribution >= 0.6 is 0 Å². The summed E-state index contributed by atoms with van der Waals surface area (Å²) in [5.74, 6) is -0.295. The van der Waals surface area contributed by atoms with Gasteiger partial charge in [-0.05, 0) is 37.8 Å². The van der Waals surface area contributed by atoms with Crippen LogP contribution in [0.25, 0.3) is 0 Å². The highest BCUT2D eigenvalue weighted by Gasteiger charge is 2.31. The van der Waals surface area contributed by atoms with Crippen LogP contribution in [0, 0.1) is 12.8 Å². The Morgan fingerprint density at radius 1 is 1.44 bits per heavy atom. The largest absolute Gasteiger partial charge is 0.478 e. The van der Waals surface area contributed by atoms with Crippen molar-refractivity contribution in [3.8, 4) is 0 Å². The van der Waals surface area contributed by atoms with Crippen LogP contribution in [-0.2, 0) is 0 Å². The molecule has 0 bridgehead atoms. The molecule has 0 saturated heterocycles. The Labute approximate surface area is 108 Å². The van der Waals surface area contributed by atoms with Gasteiger partial charge in [0.05, 0.1) is 11.3 Å². The lowest BCUT2D eigenvalue weighted by Gasteiger charge is -2.28. The third kappa shape index (κ3) is 2.84. The third-order valence-electron chi connectivity index (χ3n) is 3.24. The maximum absolute atomic E-state index is 11.4. The van der Waals surface area contributed by atoms with Gasteiger partial charge in [0.1, 0.15) is 0 Å². The molecule has 1 aromatic rings. The number of carbonyl (C=O) groups is 1. The molecule has 0 spiro atoms. The van der Waals surface area contributed by atoms with Gasteiger partial charge < -0.3 is 10.0 Å². The second kappa shape index (κ2) is 5.01. The lowest BCUT2D eigenvalue weighted by molar-refractivity contribution is 0.0697. The lowest BCUT2D eigenvalue weighted by atomic mass is 10.1. The van der Waals surface area contributed by atoms with E-state index in [0.717, 1.165) is 17.8 Å². The van der Waals surface area contributed by atoms with Gasteiger partial charge in [0.15, 0.2) is 0 Å². The van der Waals surface area contributed by atoms with E-state index in [1.165, 1.54) is 12.8 Å². The van der Waals surface area contributed by atoms with E-state index in [-0.39, 0.29) is 0 Å². The molecule has 1 saturated carbocycles. The summed E-state index contributed by atoms with van der Waals surface area (Å²) in [5, 5.41) is 9.35. The molecule has 1 aromatic carbocycles. The molecule has 0 amide bonds. The molecule has 0 heterocycles. The Hall–Kier alpha value is -1.51. The van der Waals surface area contributed by atoms with Crippen molar-refractivity contribution in [1.29, 1.82) is 0 Å². The molecule has 1 aliphatic rings. The summed E-state index contributed by atoms with van der Waals surface area (Å²) in [5.41, 5.74) is 2.31. The predicted octanol–water partition coefficient (Wildman–Crippen LogP) is 3.32. The van der Waals surface area contributed by atoms with Crippen LogP contribution in [0.1, 0.15) is 42.6 Å². The van der Waals surface area contributed by atoms with E-state index in [0.29, 0.717) is 17.5 Å². The number of aryl methyl sites for hydroxylation is 1. The normalized spacial score (nSPS) is 14.9. The SMILES string of the molecule is Cc1ccc(N(CC(C)C)C2CC2)c(C(=O)O)c1. The highest BCUT2D eigenvalue weighted by atomic mass is 16.4. The van der Waals surface area contributed by atoms with E-state index >= 15 is 0 Å². The molecule has 3 nitrogen and oxygen atoms in total. The first-order valence-electron chi connectivity index (χ1n) is 6.59. The fraction of sp³-hybridized carbons (Fsp3) is 0.533. The van der Waals surface area contributed by atoms with E-state index in [4.69, 9.17) is 0 Å². The fourth-order valence-corrected chi connectivity index (χ4v) is 2.30. The Morgan fingerprint density at radius 3 is 2.61 bits per heavy atom. The average molecular weight is 247 g/mol. The average Bonchev–Trinajstić information content (AvgIpc) is 3.09. The molecule has 0 unspecified atom stereocenters. The van der Waals surface area contributed by atoms with Crippen molar-refractivity contribution in [2.75, 3.05) is 11.4 Å². The van der Waals surface area contributed by atoms with Crippen molar-refractivity contribution >= 4 is 11.7 Å². The maximum Gasteiger partial charge on any atom is 0.337 e. The standard InChI is InChI=1S/C15H21NO2/c1-10(2)9-16(12-5-6-12)14-7-4-11(3)8-13(14)15(17)18/h4,7-8,10,12H,5-6,9H2,1-3H3,(H,17,18). The summed E-state index contributed by atoms with van der Waals surface area (Å²) in [6, 6.07) is 6.26. The molecule has 2 rings (SSSR count). The number of benzene rings is 1. The number of rotatable bonds is 5. The molecular formula is C15H21NO2. The molecule has 0 aliphatic heterocycles. The van der Waals surface area contributed by atoms with Crippen LogP contribution in [-0.4, -0.2) is 23.7 Å².